The van der Waals surface area contributed by atoms with Crippen LogP contribution in [-0.4, -0.2) is 12.1 Å². The second kappa shape index (κ2) is 6.04. The molecule has 0 aliphatic rings. The molecule has 0 heterocycles. The van der Waals surface area contributed by atoms with E-state index >= 15 is 0 Å². The van der Waals surface area contributed by atoms with Crippen molar-refractivity contribution in [3.8, 4) is 0 Å². The second-order valence-corrected chi connectivity index (χ2v) is 7.22. The smallest absolute Gasteiger partial charge is 0.123 e. The Morgan fingerprint density at radius 1 is 1.16 bits per heavy atom. The Labute approximate surface area is 117 Å². The third-order valence-electron chi connectivity index (χ3n) is 3.91. The van der Waals surface area contributed by atoms with E-state index in [4.69, 9.17) is 0 Å². The van der Waals surface area contributed by atoms with Crippen LogP contribution in [0.3, 0.4) is 0 Å². The summed E-state index contributed by atoms with van der Waals surface area (Å²) < 4.78 is 13.3. The van der Waals surface area contributed by atoms with Gasteiger partial charge in [-0.2, -0.15) is 0 Å². The van der Waals surface area contributed by atoms with Gasteiger partial charge in [-0.1, -0.05) is 32.9 Å². The van der Waals surface area contributed by atoms with Crippen LogP contribution in [0.15, 0.2) is 24.3 Å². The number of hydrogen-bond acceptors (Lipinski definition) is 1. The van der Waals surface area contributed by atoms with Crippen LogP contribution in [0.5, 0.6) is 0 Å². The zero-order chi connectivity index (χ0) is 14.7. The highest BCUT2D eigenvalue weighted by atomic mass is 19.1. The number of hydrogen-bond donors (Lipinski definition) is 1. The highest BCUT2D eigenvalue weighted by molar-refractivity contribution is 5.18. The Kier molecular flexibility index (Phi) is 5.14. The van der Waals surface area contributed by atoms with E-state index in [2.05, 4.69) is 46.9 Å². The second-order valence-electron chi connectivity index (χ2n) is 7.22. The molecule has 1 N–H and O–H groups in total. The van der Waals surface area contributed by atoms with Gasteiger partial charge >= 0.3 is 0 Å². The quantitative estimate of drug-likeness (QED) is 0.831. The van der Waals surface area contributed by atoms with E-state index in [-0.39, 0.29) is 16.8 Å². The molecule has 0 aliphatic carbocycles. The molecule has 1 aromatic rings. The predicted octanol–water partition coefficient (Wildman–Crippen LogP) is 4.42. The van der Waals surface area contributed by atoms with Gasteiger partial charge < -0.3 is 5.32 Å². The summed E-state index contributed by atoms with van der Waals surface area (Å²) in [6.45, 7) is 14.2. The molecule has 0 spiro atoms. The third-order valence-corrected chi connectivity index (χ3v) is 3.91. The van der Waals surface area contributed by atoms with Crippen molar-refractivity contribution in [2.24, 2.45) is 11.3 Å². The van der Waals surface area contributed by atoms with Crippen LogP contribution in [0.1, 0.15) is 47.1 Å². The maximum absolute atomic E-state index is 13.3. The number of rotatable bonds is 5. The maximum atomic E-state index is 13.3. The van der Waals surface area contributed by atoms with E-state index in [0.29, 0.717) is 5.92 Å². The number of nitrogens with one attached hydrogen (secondary N) is 1. The summed E-state index contributed by atoms with van der Waals surface area (Å²) in [7, 11) is 0. The van der Waals surface area contributed by atoms with Gasteiger partial charge in [-0.3, -0.25) is 0 Å². The lowest BCUT2D eigenvalue weighted by atomic mass is 9.74. The van der Waals surface area contributed by atoms with Crippen LogP contribution in [0.2, 0.25) is 0 Å². The highest BCUT2D eigenvalue weighted by Gasteiger charge is 2.30. The van der Waals surface area contributed by atoms with E-state index < -0.39 is 0 Å². The van der Waals surface area contributed by atoms with Gasteiger partial charge in [0.05, 0.1) is 0 Å². The van der Waals surface area contributed by atoms with Crippen LogP contribution >= 0.6 is 0 Å². The lowest BCUT2D eigenvalue weighted by Gasteiger charge is -2.37. The summed E-state index contributed by atoms with van der Waals surface area (Å²) in [4.78, 5) is 0. The van der Waals surface area contributed by atoms with E-state index in [1.54, 1.807) is 12.1 Å². The van der Waals surface area contributed by atoms with Crippen LogP contribution in [0.4, 0.5) is 4.39 Å². The molecular formula is C17H28FN. The van der Waals surface area contributed by atoms with Crippen LogP contribution in [0.25, 0.3) is 0 Å². The molecule has 0 radical (unpaired) electrons. The SMILES string of the molecule is CC(C)C(C)(CNC(C)(C)C)Cc1cccc(F)c1. The molecule has 0 saturated carbocycles. The Morgan fingerprint density at radius 2 is 1.79 bits per heavy atom. The number of halogens is 1. The van der Waals surface area contributed by atoms with E-state index in [9.17, 15) is 4.39 Å². The zero-order valence-electron chi connectivity index (χ0n) is 13.2. The largest absolute Gasteiger partial charge is 0.312 e. The van der Waals surface area contributed by atoms with Crippen molar-refractivity contribution in [3.05, 3.63) is 35.6 Å². The molecule has 2 heteroatoms. The molecule has 1 atom stereocenters. The van der Waals surface area contributed by atoms with Gasteiger partial charge in [0.1, 0.15) is 5.82 Å². The molecule has 0 amide bonds. The lowest BCUT2D eigenvalue weighted by Crippen LogP contribution is -2.45. The maximum Gasteiger partial charge on any atom is 0.123 e. The Morgan fingerprint density at radius 3 is 2.26 bits per heavy atom. The van der Waals surface area contributed by atoms with Crippen LogP contribution in [-0.2, 0) is 6.42 Å². The average molecular weight is 265 g/mol. The molecule has 0 aliphatic heterocycles. The Bertz CT molecular complexity index is 406. The molecule has 0 saturated heterocycles. The van der Waals surface area contributed by atoms with Gasteiger partial charge in [-0.05, 0) is 56.2 Å². The molecule has 1 rings (SSSR count). The molecule has 1 aromatic carbocycles. The molecule has 108 valence electrons. The zero-order valence-corrected chi connectivity index (χ0v) is 13.2. The summed E-state index contributed by atoms with van der Waals surface area (Å²) in [6, 6.07) is 6.96. The minimum Gasteiger partial charge on any atom is -0.312 e. The first-order valence-corrected chi connectivity index (χ1v) is 7.12. The number of benzene rings is 1. The van der Waals surface area contributed by atoms with Crippen molar-refractivity contribution in [2.75, 3.05) is 6.54 Å². The lowest BCUT2D eigenvalue weighted by molar-refractivity contribution is 0.187. The van der Waals surface area contributed by atoms with Crippen molar-refractivity contribution in [2.45, 2.75) is 53.5 Å². The summed E-state index contributed by atoms with van der Waals surface area (Å²) in [6.07, 6.45) is 0.894. The first kappa shape index (κ1) is 16.2. The molecule has 0 fully saturated rings. The Hall–Kier alpha value is -0.890. The molecular weight excluding hydrogens is 237 g/mol. The van der Waals surface area contributed by atoms with Gasteiger partial charge in [0, 0.05) is 12.1 Å². The van der Waals surface area contributed by atoms with Crippen molar-refractivity contribution < 1.29 is 4.39 Å². The molecule has 0 aromatic heterocycles. The van der Waals surface area contributed by atoms with Gasteiger partial charge in [0.15, 0.2) is 0 Å². The van der Waals surface area contributed by atoms with E-state index in [0.717, 1.165) is 18.5 Å². The summed E-state index contributed by atoms with van der Waals surface area (Å²) in [5.74, 6) is 0.387. The molecule has 19 heavy (non-hydrogen) atoms. The Balaban J connectivity index is 2.82. The molecule has 1 unspecified atom stereocenters. The average Bonchev–Trinajstić information content (AvgIpc) is 2.25. The first-order valence-electron chi connectivity index (χ1n) is 7.12. The van der Waals surface area contributed by atoms with Crippen LogP contribution in [0, 0.1) is 17.2 Å². The summed E-state index contributed by atoms with van der Waals surface area (Å²) in [5.41, 5.74) is 1.31. The monoisotopic (exact) mass is 265 g/mol. The normalized spacial score (nSPS) is 15.6. The molecule has 1 nitrogen and oxygen atoms in total. The van der Waals surface area contributed by atoms with Crippen molar-refractivity contribution in [1.82, 2.24) is 5.32 Å². The van der Waals surface area contributed by atoms with Crippen LogP contribution < -0.4 is 5.32 Å². The third kappa shape index (κ3) is 5.32. The van der Waals surface area contributed by atoms with Crippen molar-refractivity contribution in [1.29, 1.82) is 0 Å². The fourth-order valence-electron chi connectivity index (χ4n) is 2.05. The van der Waals surface area contributed by atoms with E-state index in [1.807, 2.05) is 6.07 Å². The van der Waals surface area contributed by atoms with Gasteiger partial charge in [0.25, 0.3) is 0 Å². The first-order chi connectivity index (χ1) is 8.62. The van der Waals surface area contributed by atoms with E-state index in [1.165, 1.54) is 6.07 Å². The molecule has 0 bridgehead atoms. The van der Waals surface area contributed by atoms with Crippen molar-refractivity contribution >= 4 is 0 Å². The fraction of sp³-hybridized carbons (Fsp3) is 0.647. The summed E-state index contributed by atoms with van der Waals surface area (Å²) in [5, 5.41) is 3.58. The highest BCUT2D eigenvalue weighted by Crippen LogP contribution is 2.31. The van der Waals surface area contributed by atoms with Gasteiger partial charge in [-0.15, -0.1) is 0 Å². The van der Waals surface area contributed by atoms with Crippen molar-refractivity contribution in [3.63, 3.8) is 0 Å². The fourth-order valence-corrected chi connectivity index (χ4v) is 2.05. The van der Waals surface area contributed by atoms with Gasteiger partial charge in [0.2, 0.25) is 0 Å². The standard InChI is InChI=1S/C17H28FN/c1-13(2)17(6,12-19-16(3,4)5)11-14-8-7-9-15(18)10-14/h7-10,13,19H,11-12H2,1-6H3. The predicted molar refractivity (Wildman–Crippen MR) is 80.8 cm³/mol. The minimum absolute atomic E-state index is 0.109. The summed E-state index contributed by atoms with van der Waals surface area (Å²) >= 11 is 0. The van der Waals surface area contributed by atoms with Gasteiger partial charge in [-0.25, -0.2) is 4.39 Å². The topological polar surface area (TPSA) is 12.0 Å². The minimum atomic E-state index is -0.146.